The van der Waals surface area contributed by atoms with Gasteiger partial charge < -0.3 is 5.73 Å². The summed E-state index contributed by atoms with van der Waals surface area (Å²) in [5, 5.41) is 0. The van der Waals surface area contributed by atoms with E-state index in [1.165, 1.54) is 38.5 Å². The molecule has 1 rings (SSSR count). The minimum Gasteiger partial charge on any atom is -0.328 e. The zero-order valence-corrected chi connectivity index (χ0v) is 7.90. The Morgan fingerprint density at radius 2 is 2.27 bits per heavy atom. The molecule has 0 aromatic carbocycles. The number of rotatable bonds is 3. The predicted molar refractivity (Wildman–Crippen MR) is 49.5 cm³/mol. The van der Waals surface area contributed by atoms with E-state index in [-0.39, 0.29) is 0 Å². The minimum absolute atomic E-state index is 0.497. The van der Waals surface area contributed by atoms with Gasteiger partial charge in [-0.15, -0.1) is 0 Å². The van der Waals surface area contributed by atoms with Gasteiger partial charge in [0.15, 0.2) is 0 Å². The first-order chi connectivity index (χ1) is 5.16. The molecule has 0 saturated heterocycles. The van der Waals surface area contributed by atoms with E-state index in [4.69, 9.17) is 5.73 Å². The molecule has 66 valence electrons. The first-order valence-corrected chi connectivity index (χ1v) is 4.92. The van der Waals surface area contributed by atoms with Crippen LogP contribution in [0.1, 0.15) is 52.4 Å². The average molecular weight is 155 g/mol. The molecule has 0 bridgehead atoms. The Balaban J connectivity index is 2.29. The Hall–Kier alpha value is -0.0400. The van der Waals surface area contributed by atoms with E-state index in [0.717, 1.165) is 0 Å². The Morgan fingerprint density at radius 1 is 1.55 bits per heavy atom. The van der Waals surface area contributed by atoms with Crippen LogP contribution in [0.5, 0.6) is 0 Å². The summed E-state index contributed by atoms with van der Waals surface area (Å²) in [6.07, 6.45) is 7.95. The highest BCUT2D eigenvalue weighted by Gasteiger charge is 2.32. The summed E-state index contributed by atoms with van der Waals surface area (Å²) in [6, 6.07) is 0.497. The van der Waals surface area contributed by atoms with E-state index >= 15 is 0 Å². The van der Waals surface area contributed by atoms with Crippen LogP contribution in [0.15, 0.2) is 0 Å². The van der Waals surface area contributed by atoms with Gasteiger partial charge in [0.05, 0.1) is 0 Å². The molecule has 1 aliphatic carbocycles. The van der Waals surface area contributed by atoms with Crippen molar-refractivity contribution in [3.63, 3.8) is 0 Å². The standard InChI is InChI=1S/C10H21N/c1-3-4-6-10(2)7-5-9(11)8-10/h9H,3-8,11H2,1-2H3. The first kappa shape index (κ1) is 9.05. The molecule has 0 heterocycles. The van der Waals surface area contributed by atoms with E-state index in [0.29, 0.717) is 11.5 Å². The van der Waals surface area contributed by atoms with E-state index < -0.39 is 0 Å². The lowest BCUT2D eigenvalue weighted by molar-refractivity contribution is 0.294. The van der Waals surface area contributed by atoms with Gasteiger partial charge in [-0.1, -0.05) is 26.7 Å². The molecule has 1 saturated carbocycles. The molecule has 1 nitrogen and oxygen atoms in total. The second kappa shape index (κ2) is 3.57. The van der Waals surface area contributed by atoms with Crippen LogP contribution in [-0.2, 0) is 0 Å². The molecule has 0 amide bonds. The Labute approximate surface area is 70.4 Å². The molecule has 0 radical (unpaired) electrons. The van der Waals surface area contributed by atoms with Gasteiger partial charge in [-0.05, 0) is 31.1 Å². The van der Waals surface area contributed by atoms with Crippen LogP contribution in [0.3, 0.4) is 0 Å². The molecular weight excluding hydrogens is 134 g/mol. The lowest BCUT2D eigenvalue weighted by Gasteiger charge is -2.23. The highest BCUT2D eigenvalue weighted by Crippen LogP contribution is 2.40. The molecule has 0 aromatic rings. The summed E-state index contributed by atoms with van der Waals surface area (Å²) in [4.78, 5) is 0. The first-order valence-electron chi connectivity index (χ1n) is 4.92. The second-order valence-corrected chi connectivity index (χ2v) is 4.42. The van der Waals surface area contributed by atoms with Gasteiger partial charge in [-0.25, -0.2) is 0 Å². The molecule has 2 N–H and O–H groups in total. The Kier molecular flexibility index (Phi) is 2.94. The van der Waals surface area contributed by atoms with Crippen LogP contribution in [-0.4, -0.2) is 6.04 Å². The Bertz CT molecular complexity index is 122. The zero-order chi connectivity index (χ0) is 8.32. The van der Waals surface area contributed by atoms with E-state index in [2.05, 4.69) is 13.8 Å². The highest BCUT2D eigenvalue weighted by molar-refractivity contribution is 4.87. The molecule has 11 heavy (non-hydrogen) atoms. The average Bonchev–Trinajstić information content (AvgIpc) is 2.28. The van der Waals surface area contributed by atoms with Crippen molar-refractivity contribution in [1.82, 2.24) is 0 Å². The van der Waals surface area contributed by atoms with Crippen molar-refractivity contribution < 1.29 is 0 Å². The normalized spacial score (nSPS) is 37.9. The summed E-state index contributed by atoms with van der Waals surface area (Å²) in [5.41, 5.74) is 6.47. The van der Waals surface area contributed by atoms with Gasteiger partial charge in [0.2, 0.25) is 0 Å². The van der Waals surface area contributed by atoms with Gasteiger partial charge in [-0.3, -0.25) is 0 Å². The number of nitrogens with two attached hydrogens (primary N) is 1. The third-order valence-corrected chi connectivity index (χ3v) is 3.01. The summed E-state index contributed by atoms with van der Waals surface area (Å²) in [7, 11) is 0. The molecular formula is C10H21N. The summed E-state index contributed by atoms with van der Waals surface area (Å²) in [6.45, 7) is 4.66. The lowest BCUT2D eigenvalue weighted by Crippen LogP contribution is -2.19. The summed E-state index contributed by atoms with van der Waals surface area (Å²) in [5.74, 6) is 0. The monoisotopic (exact) mass is 155 g/mol. The van der Waals surface area contributed by atoms with E-state index in [1.807, 2.05) is 0 Å². The predicted octanol–water partition coefficient (Wildman–Crippen LogP) is 2.69. The third-order valence-electron chi connectivity index (χ3n) is 3.01. The van der Waals surface area contributed by atoms with Crippen LogP contribution in [0.4, 0.5) is 0 Å². The maximum absolute atomic E-state index is 5.88. The van der Waals surface area contributed by atoms with Crippen LogP contribution in [0.2, 0.25) is 0 Å². The van der Waals surface area contributed by atoms with Gasteiger partial charge in [0.25, 0.3) is 0 Å². The largest absolute Gasteiger partial charge is 0.328 e. The minimum atomic E-state index is 0.497. The summed E-state index contributed by atoms with van der Waals surface area (Å²) < 4.78 is 0. The van der Waals surface area contributed by atoms with Crippen molar-refractivity contribution in [2.75, 3.05) is 0 Å². The quantitative estimate of drug-likeness (QED) is 0.666. The maximum Gasteiger partial charge on any atom is 0.00442 e. The second-order valence-electron chi connectivity index (χ2n) is 4.42. The molecule has 0 aliphatic heterocycles. The molecule has 1 aliphatic rings. The van der Waals surface area contributed by atoms with Gasteiger partial charge >= 0.3 is 0 Å². The summed E-state index contributed by atoms with van der Waals surface area (Å²) >= 11 is 0. The van der Waals surface area contributed by atoms with Gasteiger partial charge in [0.1, 0.15) is 0 Å². The number of hydrogen-bond donors (Lipinski definition) is 1. The van der Waals surface area contributed by atoms with Gasteiger partial charge in [0, 0.05) is 6.04 Å². The topological polar surface area (TPSA) is 26.0 Å². The van der Waals surface area contributed by atoms with E-state index in [1.54, 1.807) is 0 Å². The molecule has 0 aromatic heterocycles. The van der Waals surface area contributed by atoms with Crippen LogP contribution < -0.4 is 5.73 Å². The van der Waals surface area contributed by atoms with E-state index in [9.17, 15) is 0 Å². The molecule has 2 atom stereocenters. The zero-order valence-electron chi connectivity index (χ0n) is 7.90. The van der Waals surface area contributed by atoms with Crippen molar-refractivity contribution in [2.24, 2.45) is 11.1 Å². The van der Waals surface area contributed by atoms with Gasteiger partial charge in [-0.2, -0.15) is 0 Å². The van der Waals surface area contributed by atoms with Crippen molar-refractivity contribution in [3.05, 3.63) is 0 Å². The molecule has 0 spiro atoms. The lowest BCUT2D eigenvalue weighted by atomic mass is 9.83. The highest BCUT2D eigenvalue weighted by atomic mass is 14.7. The number of hydrogen-bond acceptors (Lipinski definition) is 1. The molecule has 1 fully saturated rings. The molecule has 2 unspecified atom stereocenters. The fourth-order valence-electron chi connectivity index (χ4n) is 2.20. The SMILES string of the molecule is CCCCC1(C)CCC(N)C1. The van der Waals surface area contributed by atoms with Crippen molar-refractivity contribution in [3.8, 4) is 0 Å². The fraction of sp³-hybridized carbons (Fsp3) is 1.00. The van der Waals surface area contributed by atoms with Crippen molar-refractivity contribution in [2.45, 2.75) is 58.4 Å². The number of unbranched alkanes of at least 4 members (excludes halogenated alkanes) is 1. The van der Waals surface area contributed by atoms with Crippen LogP contribution >= 0.6 is 0 Å². The Morgan fingerprint density at radius 3 is 2.73 bits per heavy atom. The fourth-order valence-corrected chi connectivity index (χ4v) is 2.20. The van der Waals surface area contributed by atoms with Crippen LogP contribution in [0.25, 0.3) is 0 Å². The maximum atomic E-state index is 5.88. The van der Waals surface area contributed by atoms with Crippen molar-refractivity contribution >= 4 is 0 Å². The molecule has 1 heteroatoms. The van der Waals surface area contributed by atoms with Crippen LogP contribution in [0, 0.1) is 5.41 Å². The smallest absolute Gasteiger partial charge is 0.00442 e. The third kappa shape index (κ3) is 2.48. The van der Waals surface area contributed by atoms with Crippen molar-refractivity contribution in [1.29, 1.82) is 0 Å².